The molecule has 0 amide bonds. The Balaban J connectivity index is 2.34. The van der Waals surface area contributed by atoms with Gasteiger partial charge in [0.2, 0.25) is 0 Å². The van der Waals surface area contributed by atoms with Gasteiger partial charge < -0.3 is 10.4 Å². The molecule has 0 radical (unpaired) electrons. The molecule has 2 nitrogen and oxygen atoms in total. The second-order valence-electron chi connectivity index (χ2n) is 3.45. The standard InChI is InChI=1S/C13H16FNO/c1-2-3-4-8-15-10-13(16)11-6-5-7-12(14)9-11/h5-7,9,13,15-16H,4,8,10H2,1H3. The lowest BCUT2D eigenvalue weighted by Gasteiger charge is -2.11. The molecule has 0 aliphatic rings. The fourth-order valence-corrected chi connectivity index (χ4v) is 1.35. The lowest BCUT2D eigenvalue weighted by molar-refractivity contribution is 0.175. The highest BCUT2D eigenvalue weighted by Crippen LogP contribution is 2.12. The Labute approximate surface area is 95.5 Å². The molecule has 0 fully saturated rings. The van der Waals surface area contributed by atoms with Crippen LogP contribution in [0.5, 0.6) is 0 Å². The first-order valence-electron chi connectivity index (χ1n) is 5.28. The molecule has 1 aromatic rings. The molecule has 1 unspecified atom stereocenters. The maximum absolute atomic E-state index is 12.9. The topological polar surface area (TPSA) is 32.3 Å². The third-order valence-electron chi connectivity index (χ3n) is 2.17. The van der Waals surface area contributed by atoms with Gasteiger partial charge >= 0.3 is 0 Å². The summed E-state index contributed by atoms with van der Waals surface area (Å²) in [6.45, 7) is 2.93. The molecule has 0 saturated heterocycles. The van der Waals surface area contributed by atoms with E-state index in [2.05, 4.69) is 17.2 Å². The van der Waals surface area contributed by atoms with Gasteiger partial charge in [-0.15, -0.1) is 11.8 Å². The van der Waals surface area contributed by atoms with E-state index in [9.17, 15) is 9.50 Å². The zero-order chi connectivity index (χ0) is 11.8. The average Bonchev–Trinajstić information content (AvgIpc) is 2.28. The van der Waals surface area contributed by atoms with Gasteiger partial charge in [0.05, 0.1) is 6.10 Å². The van der Waals surface area contributed by atoms with Crippen LogP contribution < -0.4 is 5.32 Å². The minimum Gasteiger partial charge on any atom is -0.387 e. The summed E-state index contributed by atoms with van der Waals surface area (Å²) >= 11 is 0. The van der Waals surface area contributed by atoms with Crippen molar-refractivity contribution in [3.05, 3.63) is 35.6 Å². The van der Waals surface area contributed by atoms with E-state index in [0.717, 1.165) is 13.0 Å². The van der Waals surface area contributed by atoms with Crippen molar-refractivity contribution < 1.29 is 9.50 Å². The van der Waals surface area contributed by atoms with Crippen molar-refractivity contribution in [2.24, 2.45) is 0 Å². The lowest BCUT2D eigenvalue weighted by atomic mass is 10.1. The smallest absolute Gasteiger partial charge is 0.123 e. The highest BCUT2D eigenvalue weighted by atomic mass is 19.1. The largest absolute Gasteiger partial charge is 0.387 e. The first kappa shape index (κ1) is 12.7. The molecule has 0 heterocycles. The van der Waals surface area contributed by atoms with E-state index in [1.165, 1.54) is 12.1 Å². The van der Waals surface area contributed by atoms with E-state index >= 15 is 0 Å². The molecule has 0 saturated carbocycles. The number of nitrogens with one attached hydrogen (secondary N) is 1. The Morgan fingerprint density at radius 3 is 3.00 bits per heavy atom. The minimum absolute atomic E-state index is 0.326. The quantitative estimate of drug-likeness (QED) is 0.587. The number of aliphatic hydroxyl groups excluding tert-OH is 1. The molecule has 0 aromatic heterocycles. The summed E-state index contributed by atoms with van der Waals surface area (Å²) in [6.07, 6.45) is 0.0807. The van der Waals surface area contributed by atoms with Crippen molar-refractivity contribution in [2.45, 2.75) is 19.4 Å². The van der Waals surface area contributed by atoms with Crippen molar-refractivity contribution in [1.82, 2.24) is 5.32 Å². The van der Waals surface area contributed by atoms with Crippen molar-refractivity contribution in [3.8, 4) is 11.8 Å². The zero-order valence-corrected chi connectivity index (χ0v) is 9.33. The fourth-order valence-electron chi connectivity index (χ4n) is 1.35. The first-order chi connectivity index (χ1) is 7.74. The number of rotatable bonds is 5. The van der Waals surface area contributed by atoms with Crippen LogP contribution in [-0.4, -0.2) is 18.2 Å². The zero-order valence-electron chi connectivity index (χ0n) is 9.33. The van der Waals surface area contributed by atoms with E-state index < -0.39 is 6.10 Å². The van der Waals surface area contributed by atoms with E-state index in [4.69, 9.17) is 0 Å². The normalized spacial score (nSPS) is 11.7. The summed E-state index contributed by atoms with van der Waals surface area (Å²) in [7, 11) is 0. The van der Waals surface area contributed by atoms with Crippen LogP contribution in [0.1, 0.15) is 25.0 Å². The molecule has 2 N–H and O–H groups in total. The Bertz CT molecular complexity index is 381. The maximum Gasteiger partial charge on any atom is 0.123 e. The Hall–Kier alpha value is -1.37. The van der Waals surface area contributed by atoms with Gasteiger partial charge in [0.25, 0.3) is 0 Å². The molecule has 0 bridgehead atoms. The van der Waals surface area contributed by atoms with Crippen molar-refractivity contribution in [3.63, 3.8) is 0 Å². The molecule has 16 heavy (non-hydrogen) atoms. The van der Waals surface area contributed by atoms with E-state index in [0.29, 0.717) is 12.1 Å². The summed E-state index contributed by atoms with van der Waals surface area (Å²) in [6, 6.07) is 6.01. The predicted molar refractivity (Wildman–Crippen MR) is 62.3 cm³/mol. The van der Waals surface area contributed by atoms with Gasteiger partial charge in [-0.1, -0.05) is 12.1 Å². The van der Waals surface area contributed by atoms with Crippen LogP contribution in [0.15, 0.2) is 24.3 Å². The number of hydrogen-bond donors (Lipinski definition) is 2. The SMILES string of the molecule is CC#CCCNCC(O)c1cccc(F)c1. The maximum atomic E-state index is 12.9. The molecule has 0 spiro atoms. The summed E-state index contributed by atoms with van der Waals surface area (Å²) in [5, 5.41) is 12.8. The third-order valence-corrected chi connectivity index (χ3v) is 2.17. The molecular formula is C13H16FNO. The Kier molecular flexibility index (Phi) is 5.55. The summed E-state index contributed by atoms with van der Waals surface area (Å²) in [4.78, 5) is 0. The summed E-state index contributed by atoms with van der Waals surface area (Å²) in [5.74, 6) is 5.38. The van der Waals surface area contributed by atoms with Gasteiger partial charge in [0.15, 0.2) is 0 Å². The minimum atomic E-state index is -0.676. The number of benzene rings is 1. The van der Waals surface area contributed by atoms with Crippen LogP contribution in [0.3, 0.4) is 0 Å². The van der Waals surface area contributed by atoms with E-state index in [-0.39, 0.29) is 5.82 Å². The van der Waals surface area contributed by atoms with Gasteiger partial charge in [-0.25, -0.2) is 4.39 Å². The Morgan fingerprint density at radius 2 is 2.31 bits per heavy atom. The predicted octanol–water partition coefficient (Wildman–Crippen LogP) is 1.86. The van der Waals surface area contributed by atoms with Crippen LogP contribution in [0.2, 0.25) is 0 Å². The number of aliphatic hydroxyl groups is 1. The van der Waals surface area contributed by atoms with Gasteiger partial charge in [-0.3, -0.25) is 0 Å². The molecular weight excluding hydrogens is 205 g/mol. The van der Waals surface area contributed by atoms with Gasteiger partial charge in [-0.05, 0) is 24.6 Å². The monoisotopic (exact) mass is 221 g/mol. The highest BCUT2D eigenvalue weighted by Gasteiger charge is 2.06. The van der Waals surface area contributed by atoms with Crippen LogP contribution in [0.25, 0.3) is 0 Å². The molecule has 1 rings (SSSR count). The van der Waals surface area contributed by atoms with Gasteiger partial charge in [0, 0.05) is 19.5 Å². The van der Waals surface area contributed by atoms with Crippen LogP contribution in [-0.2, 0) is 0 Å². The molecule has 1 aromatic carbocycles. The molecule has 0 aliphatic carbocycles. The second-order valence-corrected chi connectivity index (χ2v) is 3.45. The summed E-state index contributed by atoms with van der Waals surface area (Å²) < 4.78 is 12.9. The highest BCUT2D eigenvalue weighted by molar-refractivity contribution is 5.18. The number of halogens is 1. The third kappa shape index (κ3) is 4.43. The van der Waals surface area contributed by atoms with Crippen molar-refractivity contribution >= 4 is 0 Å². The molecule has 0 aliphatic heterocycles. The van der Waals surface area contributed by atoms with E-state index in [1.54, 1.807) is 19.1 Å². The van der Waals surface area contributed by atoms with Gasteiger partial charge in [-0.2, -0.15) is 0 Å². The first-order valence-corrected chi connectivity index (χ1v) is 5.28. The van der Waals surface area contributed by atoms with E-state index in [1.807, 2.05) is 0 Å². The molecule has 86 valence electrons. The van der Waals surface area contributed by atoms with Crippen LogP contribution >= 0.6 is 0 Å². The Morgan fingerprint density at radius 1 is 1.50 bits per heavy atom. The molecule has 1 atom stereocenters. The second kappa shape index (κ2) is 7.00. The van der Waals surface area contributed by atoms with Crippen LogP contribution in [0, 0.1) is 17.7 Å². The van der Waals surface area contributed by atoms with Crippen molar-refractivity contribution in [2.75, 3.05) is 13.1 Å². The summed E-state index contributed by atoms with van der Waals surface area (Å²) in [5.41, 5.74) is 0.592. The number of hydrogen-bond acceptors (Lipinski definition) is 2. The van der Waals surface area contributed by atoms with Gasteiger partial charge in [0.1, 0.15) is 5.82 Å². The van der Waals surface area contributed by atoms with Crippen molar-refractivity contribution in [1.29, 1.82) is 0 Å². The lowest BCUT2D eigenvalue weighted by Crippen LogP contribution is -2.22. The average molecular weight is 221 g/mol. The van der Waals surface area contributed by atoms with Crippen LogP contribution in [0.4, 0.5) is 4.39 Å². The fraction of sp³-hybridized carbons (Fsp3) is 0.385. The molecule has 3 heteroatoms.